The first-order chi connectivity index (χ1) is 36.6. The Bertz CT molecular complexity index is 4250. The number of hydrogen-bond donors (Lipinski definition) is 0. The van der Waals surface area contributed by atoms with Gasteiger partial charge in [-0.05, 0) is 196 Å². The molecule has 0 aliphatic carbocycles. The van der Waals surface area contributed by atoms with Crippen LogP contribution in [0.1, 0.15) is 112 Å². The molecule has 0 N–H and O–H groups in total. The predicted octanol–water partition coefficient (Wildman–Crippen LogP) is 18.2. The third-order valence-corrected chi connectivity index (χ3v) is 17.3. The van der Waals surface area contributed by atoms with E-state index in [-0.39, 0.29) is 23.0 Å². The minimum absolute atomic E-state index is 0.0352. The molecule has 0 bridgehead atoms. The molecule has 2 aliphatic rings. The molecule has 0 unspecified atom stereocenters. The van der Waals surface area contributed by atoms with Crippen LogP contribution in [0.5, 0.6) is 0 Å². The molecule has 0 fully saturated rings. The highest BCUT2D eigenvalue weighted by molar-refractivity contribution is 7.00. The van der Waals surface area contributed by atoms with Gasteiger partial charge in [-0.25, -0.2) is 0 Å². The van der Waals surface area contributed by atoms with Gasteiger partial charge in [0.25, 0.3) is 6.71 Å². The molecule has 0 atom stereocenters. The summed E-state index contributed by atoms with van der Waals surface area (Å²) in [7, 11) is 0. The van der Waals surface area contributed by atoms with Crippen molar-refractivity contribution in [2.24, 2.45) is 0 Å². The molecule has 9 aromatic carbocycles. The maximum Gasteiger partial charge on any atom is 0.252 e. The Balaban J connectivity index is 1.19. The fraction of sp³-hybridized carbons (Fsp3) is 0.250. The van der Waals surface area contributed by atoms with Crippen LogP contribution >= 0.6 is 0 Å². The Labute approximate surface area is 456 Å². The van der Waals surface area contributed by atoms with E-state index < -0.39 is 0 Å². The smallest absolute Gasteiger partial charge is 0.252 e. The molecule has 4 heterocycles. The van der Waals surface area contributed by atoms with Gasteiger partial charge in [0.2, 0.25) is 0 Å². The van der Waals surface area contributed by atoms with Crippen molar-refractivity contribution in [1.82, 2.24) is 4.57 Å². The number of benzene rings is 9. The molecule has 77 heavy (non-hydrogen) atoms. The molecule has 11 aromatic rings. The molecule has 382 valence electrons. The third-order valence-electron chi connectivity index (χ3n) is 17.3. The van der Waals surface area contributed by atoms with Crippen LogP contribution in [0.4, 0.5) is 34.1 Å². The maximum atomic E-state index is 6.47. The lowest BCUT2D eigenvalue weighted by molar-refractivity contribution is 0.590. The summed E-state index contributed by atoms with van der Waals surface area (Å²) in [6.07, 6.45) is 0. The highest BCUT2D eigenvalue weighted by Gasteiger charge is 2.46. The van der Waals surface area contributed by atoms with E-state index in [4.69, 9.17) is 4.42 Å². The van der Waals surface area contributed by atoms with E-state index >= 15 is 0 Å². The van der Waals surface area contributed by atoms with Crippen LogP contribution in [-0.4, -0.2) is 11.3 Å². The predicted molar refractivity (Wildman–Crippen MR) is 332 cm³/mol. The molecule has 0 radical (unpaired) electrons. The molecule has 13 rings (SSSR count). The molecule has 0 amide bonds. The van der Waals surface area contributed by atoms with Crippen LogP contribution in [0, 0.1) is 41.5 Å². The van der Waals surface area contributed by atoms with Gasteiger partial charge in [-0.2, -0.15) is 0 Å². The Morgan fingerprint density at radius 2 is 0.883 bits per heavy atom. The minimum atomic E-state index is -0.170. The highest BCUT2D eigenvalue weighted by atomic mass is 16.3. The normalized spacial score (nSPS) is 13.6. The van der Waals surface area contributed by atoms with Crippen molar-refractivity contribution in [1.29, 1.82) is 0 Å². The number of rotatable bonds is 4. The fourth-order valence-corrected chi connectivity index (χ4v) is 13.4. The summed E-state index contributed by atoms with van der Waals surface area (Å²) in [5, 5.41) is 4.86. The third kappa shape index (κ3) is 7.39. The van der Waals surface area contributed by atoms with Gasteiger partial charge in [-0.1, -0.05) is 153 Å². The summed E-state index contributed by atoms with van der Waals surface area (Å²) in [5.74, 6) is 0. The van der Waals surface area contributed by atoms with Crippen LogP contribution in [0.2, 0.25) is 0 Å². The molecule has 4 nitrogen and oxygen atoms in total. The molecule has 0 spiro atoms. The second kappa shape index (κ2) is 16.9. The van der Waals surface area contributed by atoms with Gasteiger partial charge in [0.1, 0.15) is 11.2 Å². The van der Waals surface area contributed by atoms with E-state index in [1.54, 1.807) is 0 Å². The SMILES string of the molecule is Cc1cccc(C)c1N1c2cc(C(C)(C)C)ccc2B2c3cc4c5cc(C(C)(C)C)ccc5n(-c5c(C)cccc5C)c4cc3N(c3c(C)cc(-c4cccc5oc6ccccc6c45)cc3C)c3cc(C(C)(C)C)cc1c32. The lowest BCUT2D eigenvalue weighted by atomic mass is 9.33. The zero-order valence-corrected chi connectivity index (χ0v) is 47.8. The minimum Gasteiger partial charge on any atom is -0.456 e. The highest BCUT2D eigenvalue weighted by Crippen LogP contribution is 2.51. The molecular formula is C72H70BN3O. The number of aryl methyl sites for hydroxylation is 6. The van der Waals surface area contributed by atoms with Crippen LogP contribution in [0.15, 0.2) is 156 Å². The Morgan fingerprint density at radius 1 is 0.377 bits per heavy atom. The van der Waals surface area contributed by atoms with E-state index in [0.29, 0.717) is 0 Å². The van der Waals surface area contributed by atoms with E-state index in [2.05, 4.69) is 270 Å². The number of hydrogen-bond acceptors (Lipinski definition) is 3. The monoisotopic (exact) mass is 1000 g/mol. The van der Waals surface area contributed by atoms with Crippen molar-refractivity contribution >= 4 is 101 Å². The number of furan rings is 1. The van der Waals surface area contributed by atoms with Crippen molar-refractivity contribution in [3.63, 3.8) is 0 Å². The molecule has 0 saturated heterocycles. The van der Waals surface area contributed by atoms with E-state index in [1.165, 1.54) is 139 Å². The van der Waals surface area contributed by atoms with Gasteiger partial charge in [0.05, 0.1) is 28.1 Å². The standard InChI is InChI=1S/C72H70BN3O/c1-41-21-18-22-42(2)67(41)74-57-32-30-48(70(7,8)9)35-53(57)54-39-56-60(40-58(54)74)76(69-45(5)33-47(34-46(69)6)51-26-20-28-64-65(51)52-25-16-17-27-63(52)77-64)62-38-50(72(13,14)15)37-61-66(62)73(56)55-31-29-49(71(10,11)12)36-59(55)75(61)68-43(3)23-19-24-44(68)4/h16-40H,1-15H3. The zero-order chi connectivity index (χ0) is 53.9. The Morgan fingerprint density at radius 3 is 1.51 bits per heavy atom. The number of nitrogens with zero attached hydrogens (tertiary/aromatic N) is 3. The van der Waals surface area contributed by atoms with Gasteiger partial charge in [-0.15, -0.1) is 0 Å². The average molecular weight is 1000 g/mol. The lowest BCUT2D eigenvalue weighted by Gasteiger charge is -2.46. The first kappa shape index (κ1) is 48.9. The van der Waals surface area contributed by atoms with Crippen LogP contribution in [0.25, 0.3) is 60.6 Å². The summed E-state index contributed by atoms with van der Waals surface area (Å²) in [6.45, 7) is 34.9. The second-order valence-corrected chi connectivity index (χ2v) is 25.8. The molecule has 2 aliphatic heterocycles. The van der Waals surface area contributed by atoms with Gasteiger partial charge in [0.15, 0.2) is 0 Å². The molecule has 0 saturated carbocycles. The van der Waals surface area contributed by atoms with Crippen molar-refractivity contribution in [2.45, 2.75) is 120 Å². The average Bonchev–Trinajstić information content (AvgIpc) is 4.05. The lowest BCUT2D eigenvalue weighted by Crippen LogP contribution is -2.61. The number of aromatic nitrogens is 1. The topological polar surface area (TPSA) is 24.6 Å². The quantitative estimate of drug-likeness (QED) is 0.164. The second-order valence-electron chi connectivity index (χ2n) is 25.8. The van der Waals surface area contributed by atoms with E-state index in [1.807, 2.05) is 0 Å². The fourth-order valence-electron chi connectivity index (χ4n) is 13.4. The van der Waals surface area contributed by atoms with Crippen LogP contribution in [-0.2, 0) is 16.2 Å². The summed E-state index contributed by atoms with van der Waals surface area (Å²) < 4.78 is 9.06. The van der Waals surface area contributed by atoms with Crippen molar-refractivity contribution in [3.05, 3.63) is 202 Å². The van der Waals surface area contributed by atoms with Gasteiger partial charge in [0, 0.05) is 44.3 Å². The van der Waals surface area contributed by atoms with Crippen molar-refractivity contribution in [3.8, 4) is 16.8 Å². The Hall–Kier alpha value is -7.76. The van der Waals surface area contributed by atoms with E-state index in [0.717, 1.165) is 21.9 Å². The summed E-state index contributed by atoms with van der Waals surface area (Å²) in [6, 6.07) is 58.3. The van der Waals surface area contributed by atoms with Gasteiger partial charge in [-0.3, -0.25) is 0 Å². The molecule has 5 heteroatoms. The van der Waals surface area contributed by atoms with Crippen LogP contribution in [0.3, 0.4) is 0 Å². The zero-order valence-electron chi connectivity index (χ0n) is 47.8. The Kier molecular flexibility index (Phi) is 10.7. The van der Waals surface area contributed by atoms with Crippen LogP contribution < -0.4 is 26.2 Å². The maximum absolute atomic E-state index is 6.47. The van der Waals surface area contributed by atoms with Gasteiger partial charge >= 0.3 is 0 Å². The molecular weight excluding hydrogens is 934 g/mol. The summed E-state index contributed by atoms with van der Waals surface area (Å²) in [5.41, 5.74) is 30.4. The first-order valence-corrected chi connectivity index (χ1v) is 27.8. The van der Waals surface area contributed by atoms with Gasteiger partial charge < -0.3 is 18.8 Å². The van der Waals surface area contributed by atoms with Crippen molar-refractivity contribution < 1.29 is 4.42 Å². The first-order valence-electron chi connectivity index (χ1n) is 27.8. The largest absolute Gasteiger partial charge is 0.456 e. The summed E-state index contributed by atoms with van der Waals surface area (Å²) in [4.78, 5) is 5.34. The number of anilines is 6. The summed E-state index contributed by atoms with van der Waals surface area (Å²) >= 11 is 0. The van der Waals surface area contributed by atoms with Crippen molar-refractivity contribution in [2.75, 3.05) is 9.80 Å². The number of fused-ring (bicyclic) bond motifs is 10. The van der Waals surface area contributed by atoms with E-state index in [9.17, 15) is 0 Å². The molecule has 2 aromatic heterocycles. The number of para-hydroxylation sites is 3.